The van der Waals surface area contributed by atoms with Gasteiger partial charge in [0.15, 0.2) is 0 Å². The third kappa shape index (κ3) is 2.90. The third-order valence-electron chi connectivity index (χ3n) is 3.83. The number of anilines is 1. The van der Waals surface area contributed by atoms with Crippen LogP contribution in [0.4, 0.5) is 10.1 Å². The summed E-state index contributed by atoms with van der Waals surface area (Å²) in [5.74, 6) is -0.611. The Kier molecular flexibility index (Phi) is 3.57. The Hall–Kier alpha value is -1.14. The highest BCUT2D eigenvalue weighted by atomic mass is 32.2. The van der Waals surface area contributed by atoms with Gasteiger partial charge in [0.2, 0.25) is 10.0 Å². The standard InChI is InChI=1S/C13H19FN2O2S/c1-13(2)7-3-4-12(13)16-19(17,18)9-5-6-10(14)11(15)8-9/h5-6,8,12,16H,3-4,7,15H2,1-2H3. The molecule has 4 nitrogen and oxygen atoms in total. The molecule has 0 heterocycles. The lowest BCUT2D eigenvalue weighted by molar-refractivity contribution is 0.313. The number of sulfonamides is 1. The summed E-state index contributed by atoms with van der Waals surface area (Å²) in [6, 6.07) is 3.36. The lowest BCUT2D eigenvalue weighted by atomic mass is 9.88. The summed E-state index contributed by atoms with van der Waals surface area (Å²) in [6.07, 6.45) is 2.82. The van der Waals surface area contributed by atoms with Gasteiger partial charge in [0, 0.05) is 6.04 Å². The van der Waals surface area contributed by atoms with E-state index in [0.29, 0.717) is 0 Å². The lowest BCUT2D eigenvalue weighted by Gasteiger charge is -2.27. The van der Waals surface area contributed by atoms with E-state index in [4.69, 9.17) is 5.73 Å². The van der Waals surface area contributed by atoms with Gasteiger partial charge in [0.05, 0.1) is 10.6 Å². The first kappa shape index (κ1) is 14.3. The van der Waals surface area contributed by atoms with E-state index >= 15 is 0 Å². The van der Waals surface area contributed by atoms with Gasteiger partial charge in [-0.05, 0) is 36.5 Å². The van der Waals surface area contributed by atoms with Crippen molar-refractivity contribution in [2.75, 3.05) is 5.73 Å². The Bertz CT molecular complexity index is 584. The molecule has 19 heavy (non-hydrogen) atoms. The van der Waals surface area contributed by atoms with Crippen molar-refractivity contribution in [2.24, 2.45) is 5.41 Å². The first-order valence-corrected chi connectivity index (χ1v) is 7.78. The SMILES string of the molecule is CC1(C)CCCC1NS(=O)(=O)c1ccc(F)c(N)c1. The van der Waals surface area contributed by atoms with Crippen LogP contribution in [-0.2, 0) is 10.0 Å². The molecule has 1 aliphatic carbocycles. The van der Waals surface area contributed by atoms with Gasteiger partial charge in [-0.3, -0.25) is 0 Å². The average molecular weight is 286 g/mol. The Balaban J connectivity index is 2.25. The quantitative estimate of drug-likeness (QED) is 0.837. The van der Waals surface area contributed by atoms with Gasteiger partial charge >= 0.3 is 0 Å². The molecule has 1 aliphatic rings. The summed E-state index contributed by atoms with van der Waals surface area (Å²) in [7, 11) is -3.65. The highest BCUT2D eigenvalue weighted by molar-refractivity contribution is 7.89. The van der Waals surface area contributed by atoms with Crippen molar-refractivity contribution >= 4 is 15.7 Å². The fourth-order valence-electron chi connectivity index (χ4n) is 2.49. The number of hydrogen-bond donors (Lipinski definition) is 2. The molecule has 1 atom stereocenters. The fraction of sp³-hybridized carbons (Fsp3) is 0.538. The molecule has 0 radical (unpaired) electrons. The summed E-state index contributed by atoms with van der Waals surface area (Å²) in [5, 5.41) is 0. The van der Waals surface area contributed by atoms with Crippen LogP contribution in [-0.4, -0.2) is 14.5 Å². The third-order valence-corrected chi connectivity index (χ3v) is 5.30. The number of nitrogen functional groups attached to an aromatic ring is 1. The minimum absolute atomic E-state index is 0.00843. The maximum absolute atomic E-state index is 13.1. The molecule has 2 rings (SSSR count). The number of benzene rings is 1. The molecule has 6 heteroatoms. The monoisotopic (exact) mass is 286 g/mol. The zero-order chi connectivity index (χ0) is 14.3. The minimum Gasteiger partial charge on any atom is -0.396 e. The molecule has 0 aliphatic heterocycles. The predicted molar refractivity (Wildman–Crippen MR) is 72.6 cm³/mol. The van der Waals surface area contributed by atoms with E-state index in [1.807, 2.05) is 13.8 Å². The molecule has 0 amide bonds. The molecule has 0 aromatic heterocycles. The molecule has 1 aromatic carbocycles. The van der Waals surface area contributed by atoms with Crippen LogP contribution < -0.4 is 10.5 Å². The van der Waals surface area contributed by atoms with Crippen molar-refractivity contribution in [1.29, 1.82) is 0 Å². The van der Waals surface area contributed by atoms with E-state index in [0.717, 1.165) is 31.4 Å². The number of hydrogen-bond acceptors (Lipinski definition) is 3. The molecule has 1 aromatic rings. The van der Waals surface area contributed by atoms with Gasteiger partial charge in [0.25, 0.3) is 0 Å². The lowest BCUT2D eigenvalue weighted by Crippen LogP contribution is -2.41. The van der Waals surface area contributed by atoms with Gasteiger partial charge < -0.3 is 5.73 Å². The van der Waals surface area contributed by atoms with Crippen LogP contribution in [0.3, 0.4) is 0 Å². The van der Waals surface area contributed by atoms with Crippen molar-refractivity contribution in [3.05, 3.63) is 24.0 Å². The fourth-order valence-corrected chi connectivity index (χ4v) is 3.97. The Labute approximate surface area is 113 Å². The molecule has 1 unspecified atom stereocenters. The molecular formula is C13H19FN2O2S. The molecule has 0 bridgehead atoms. The van der Waals surface area contributed by atoms with Crippen LogP contribution in [0.5, 0.6) is 0 Å². The molecule has 1 saturated carbocycles. The summed E-state index contributed by atoms with van der Waals surface area (Å²) >= 11 is 0. The number of nitrogens with one attached hydrogen (secondary N) is 1. The number of rotatable bonds is 3. The topological polar surface area (TPSA) is 72.2 Å². The van der Waals surface area contributed by atoms with Gasteiger partial charge in [-0.25, -0.2) is 17.5 Å². The Morgan fingerprint density at radius 1 is 1.42 bits per heavy atom. The zero-order valence-corrected chi connectivity index (χ0v) is 11.9. The molecule has 106 valence electrons. The van der Waals surface area contributed by atoms with Gasteiger partial charge in [-0.2, -0.15) is 0 Å². The van der Waals surface area contributed by atoms with Crippen LogP contribution in [0.1, 0.15) is 33.1 Å². The van der Waals surface area contributed by atoms with Gasteiger partial charge in [-0.1, -0.05) is 20.3 Å². The summed E-state index contributed by atoms with van der Waals surface area (Å²) < 4.78 is 40.3. The van der Waals surface area contributed by atoms with Gasteiger partial charge in [-0.15, -0.1) is 0 Å². The Morgan fingerprint density at radius 2 is 2.11 bits per heavy atom. The second kappa shape index (κ2) is 4.76. The van der Waals surface area contributed by atoms with Crippen LogP contribution in [0.25, 0.3) is 0 Å². The highest BCUT2D eigenvalue weighted by Crippen LogP contribution is 2.38. The first-order chi connectivity index (χ1) is 8.72. The smallest absolute Gasteiger partial charge is 0.240 e. The molecule has 0 spiro atoms. The number of nitrogens with two attached hydrogens (primary N) is 1. The van der Waals surface area contributed by atoms with Crippen LogP contribution in [0, 0.1) is 11.2 Å². The summed E-state index contributed by atoms with van der Waals surface area (Å²) in [6.45, 7) is 4.10. The average Bonchev–Trinajstić information content (AvgIpc) is 2.61. The molecule has 0 saturated heterocycles. The second-order valence-corrected chi connectivity index (χ2v) is 7.45. The van der Waals surface area contributed by atoms with E-state index in [2.05, 4.69) is 4.72 Å². The first-order valence-electron chi connectivity index (χ1n) is 6.30. The van der Waals surface area contributed by atoms with Crippen molar-refractivity contribution < 1.29 is 12.8 Å². The zero-order valence-electron chi connectivity index (χ0n) is 11.1. The van der Waals surface area contributed by atoms with Crippen LogP contribution >= 0.6 is 0 Å². The van der Waals surface area contributed by atoms with Crippen LogP contribution in [0.2, 0.25) is 0 Å². The minimum atomic E-state index is -3.65. The van der Waals surface area contributed by atoms with E-state index in [9.17, 15) is 12.8 Å². The van der Waals surface area contributed by atoms with Crippen molar-refractivity contribution in [1.82, 2.24) is 4.72 Å². The summed E-state index contributed by atoms with van der Waals surface area (Å²) in [4.78, 5) is 0.00843. The molecular weight excluding hydrogens is 267 g/mol. The largest absolute Gasteiger partial charge is 0.396 e. The van der Waals surface area contributed by atoms with Crippen molar-refractivity contribution in [2.45, 2.75) is 44.0 Å². The highest BCUT2D eigenvalue weighted by Gasteiger charge is 2.37. The normalized spacial score (nSPS) is 22.6. The van der Waals surface area contributed by atoms with E-state index in [1.54, 1.807) is 0 Å². The van der Waals surface area contributed by atoms with E-state index in [-0.39, 0.29) is 22.0 Å². The predicted octanol–water partition coefficient (Wildman–Crippen LogP) is 2.26. The Morgan fingerprint density at radius 3 is 2.63 bits per heavy atom. The van der Waals surface area contributed by atoms with Crippen molar-refractivity contribution in [3.8, 4) is 0 Å². The van der Waals surface area contributed by atoms with Crippen molar-refractivity contribution in [3.63, 3.8) is 0 Å². The number of halogens is 1. The molecule has 3 N–H and O–H groups in total. The molecule has 1 fully saturated rings. The van der Waals surface area contributed by atoms with Gasteiger partial charge in [0.1, 0.15) is 5.82 Å². The van der Waals surface area contributed by atoms with E-state index < -0.39 is 15.8 Å². The maximum Gasteiger partial charge on any atom is 0.240 e. The second-order valence-electron chi connectivity index (χ2n) is 5.74. The van der Waals surface area contributed by atoms with E-state index in [1.165, 1.54) is 6.07 Å². The van der Waals surface area contributed by atoms with Crippen LogP contribution in [0.15, 0.2) is 23.1 Å². The summed E-state index contributed by atoms with van der Waals surface area (Å²) in [5.41, 5.74) is 5.20. The maximum atomic E-state index is 13.1.